The van der Waals surface area contributed by atoms with Crippen LogP contribution in [-0.2, 0) is 20.7 Å². The standard InChI is InChI=1S/C18H26O4/c1-5-15-9-6-7-10-16(15)22-18(20)12-8-11-17(19)21-14(4)13(2)3/h6-7,9-10,13-14H,5,8,11-12H2,1-4H3. The number of para-hydroxylation sites is 1. The summed E-state index contributed by atoms with van der Waals surface area (Å²) in [4.78, 5) is 23.4. The van der Waals surface area contributed by atoms with Crippen LogP contribution >= 0.6 is 0 Å². The van der Waals surface area contributed by atoms with Crippen LogP contribution in [0.3, 0.4) is 0 Å². The van der Waals surface area contributed by atoms with Gasteiger partial charge in [0.1, 0.15) is 11.9 Å². The summed E-state index contributed by atoms with van der Waals surface area (Å²) < 4.78 is 10.6. The number of hydrogen-bond donors (Lipinski definition) is 0. The minimum absolute atomic E-state index is 0.101. The van der Waals surface area contributed by atoms with Crippen molar-refractivity contribution in [1.29, 1.82) is 0 Å². The molecule has 0 radical (unpaired) electrons. The van der Waals surface area contributed by atoms with Gasteiger partial charge in [-0.3, -0.25) is 9.59 Å². The number of ether oxygens (including phenoxy) is 2. The van der Waals surface area contributed by atoms with Crippen LogP contribution in [0, 0.1) is 5.92 Å². The molecule has 0 heterocycles. The molecule has 1 aromatic carbocycles. The third kappa shape index (κ3) is 6.29. The van der Waals surface area contributed by atoms with Gasteiger partial charge in [0.05, 0.1) is 0 Å². The van der Waals surface area contributed by atoms with Crippen LogP contribution in [0.5, 0.6) is 5.75 Å². The number of esters is 2. The van der Waals surface area contributed by atoms with Gasteiger partial charge in [-0.05, 0) is 37.3 Å². The van der Waals surface area contributed by atoms with E-state index in [0.717, 1.165) is 12.0 Å². The lowest BCUT2D eigenvalue weighted by molar-refractivity contribution is -0.150. The lowest BCUT2D eigenvalue weighted by Crippen LogP contribution is -2.20. The molecule has 0 amide bonds. The Hall–Kier alpha value is -1.84. The van der Waals surface area contributed by atoms with Crippen molar-refractivity contribution in [3.8, 4) is 5.75 Å². The molecule has 1 atom stereocenters. The van der Waals surface area contributed by atoms with Crippen molar-refractivity contribution in [2.24, 2.45) is 5.92 Å². The lowest BCUT2D eigenvalue weighted by Gasteiger charge is -2.16. The fraction of sp³-hybridized carbons (Fsp3) is 0.556. The number of carbonyl (C=O) groups excluding carboxylic acids is 2. The number of benzene rings is 1. The third-order valence-corrected chi connectivity index (χ3v) is 3.60. The van der Waals surface area contributed by atoms with Crippen LogP contribution in [0.2, 0.25) is 0 Å². The van der Waals surface area contributed by atoms with Crippen molar-refractivity contribution in [1.82, 2.24) is 0 Å². The molecule has 0 fully saturated rings. The monoisotopic (exact) mass is 306 g/mol. The molecule has 0 aliphatic heterocycles. The molecule has 1 unspecified atom stereocenters. The van der Waals surface area contributed by atoms with E-state index < -0.39 is 0 Å². The molecule has 4 nitrogen and oxygen atoms in total. The summed E-state index contributed by atoms with van der Waals surface area (Å²) in [7, 11) is 0. The molecule has 0 saturated heterocycles. The normalized spacial score (nSPS) is 12.0. The maximum Gasteiger partial charge on any atom is 0.311 e. The first-order valence-corrected chi connectivity index (χ1v) is 7.92. The average Bonchev–Trinajstić information content (AvgIpc) is 2.47. The summed E-state index contributed by atoms with van der Waals surface area (Å²) in [5.74, 6) is 0.319. The van der Waals surface area contributed by atoms with Crippen LogP contribution in [-0.4, -0.2) is 18.0 Å². The molecule has 122 valence electrons. The molecule has 22 heavy (non-hydrogen) atoms. The fourth-order valence-corrected chi connectivity index (χ4v) is 1.85. The predicted molar refractivity (Wildman–Crippen MR) is 85.7 cm³/mol. The second kappa shape index (κ2) is 9.23. The van der Waals surface area contributed by atoms with E-state index >= 15 is 0 Å². The quantitative estimate of drug-likeness (QED) is 0.539. The first kappa shape index (κ1) is 18.2. The van der Waals surface area contributed by atoms with Crippen molar-refractivity contribution < 1.29 is 19.1 Å². The van der Waals surface area contributed by atoms with Crippen LogP contribution in [0.25, 0.3) is 0 Å². The van der Waals surface area contributed by atoms with E-state index in [2.05, 4.69) is 0 Å². The van der Waals surface area contributed by atoms with Crippen molar-refractivity contribution in [2.75, 3.05) is 0 Å². The molecular weight excluding hydrogens is 280 g/mol. The Kier molecular flexibility index (Phi) is 7.64. The Morgan fingerprint density at radius 1 is 1.05 bits per heavy atom. The zero-order valence-electron chi connectivity index (χ0n) is 13.9. The summed E-state index contributed by atoms with van der Waals surface area (Å²) in [5, 5.41) is 0. The second-order valence-electron chi connectivity index (χ2n) is 5.73. The third-order valence-electron chi connectivity index (χ3n) is 3.60. The van der Waals surface area contributed by atoms with Gasteiger partial charge >= 0.3 is 11.9 Å². The second-order valence-corrected chi connectivity index (χ2v) is 5.73. The highest BCUT2D eigenvalue weighted by Crippen LogP contribution is 2.19. The van der Waals surface area contributed by atoms with Gasteiger partial charge in [0.25, 0.3) is 0 Å². The first-order chi connectivity index (χ1) is 10.4. The van der Waals surface area contributed by atoms with Crippen LogP contribution < -0.4 is 4.74 Å². The summed E-state index contributed by atoms with van der Waals surface area (Å²) in [6, 6.07) is 7.48. The Morgan fingerprint density at radius 3 is 2.32 bits per heavy atom. The SMILES string of the molecule is CCc1ccccc1OC(=O)CCCC(=O)OC(C)C(C)C. The van der Waals surface area contributed by atoms with E-state index in [1.54, 1.807) is 6.07 Å². The average molecular weight is 306 g/mol. The Labute approximate surface area is 132 Å². The molecule has 1 rings (SSSR count). The molecule has 0 aliphatic rings. The zero-order chi connectivity index (χ0) is 16.5. The van der Waals surface area contributed by atoms with Gasteiger partial charge in [-0.2, -0.15) is 0 Å². The number of aryl methyl sites for hydroxylation is 1. The minimum atomic E-state index is -0.314. The molecule has 0 bridgehead atoms. The van der Waals surface area contributed by atoms with Gasteiger partial charge in [-0.25, -0.2) is 0 Å². The molecule has 1 aromatic rings. The number of rotatable bonds is 8. The zero-order valence-corrected chi connectivity index (χ0v) is 13.9. The number of hydrogen-bond acceptors (Lipinski definition) is 4. The molecule has 4 heteroatoms. The topological polar surface area (TPSA) is 52.6 Å². The molecule has 0 aliphatic carbocycles. The van der Waals surface area contributed by atoms with Crippen molar-refractivity contribution in [3.05, 3.63) is 29.8 Å². The van der Waals surface area contributed by atoms with E-state index in [-0.39, 0.29) is 30.9 Å². The first-order valence-electron chi connectivity index (χ1n) is 7.92. The van der Waals surface area contributed by atoms with Crippen molar-refractivity contribution in [2.45, 2.75) is 59.5 Å². The van der Waals surface area contributed by atoms with E-state index in [0.29, 0.717) is 18.1 Å². The maximum absolute atomic E-state index is 11.8. The highest BCUT2D eigenvalue weighted by Gasteiger charge is 2.14. The van der Waals surface area contributed by atoms with E-state index in [9.17, 15) is 9.59 Å². The minimum Gasteiger partial charge on any atom is -0.462 e. The molecule has 0 aromatic heterocycles. The van der Waals surface area contributed by atoms with Gasteiger partial charge in [0.2, 0.25) is 0 Å². The van der Waals surface area contributed by atoms with E-state index in [1.165, 1.54) is 0 Å². The van der Waals surface area contributed by atoms with E-state index in [4.69, 9.17) is 9.47 Å². The summed E-state index contributed by atoms with van der Waals surface area (Å²) in [5.41, 5.74) is 1.00. The smallest absolute Gasteiger partial charge is 0.311 e. The van der Waals surface area contributed by atoms with Gasteiger partial charge < -0.3 is 9.47 Å². The molecule has 0 N–H and O–H groups in total. The highest BCUT2D eigenvalue weighted by molar-refractivity contribution is 5.74. The molecule has 0 spiro atoms. The van der Waals surface area contributed by atoms with Crippen molar-refractivity contribution >= 4 is 11.9 Å². The highest BCUT2D eigenvalue weighted by atomic mass is 16.5. The predicted octanol–water partition coefficient (Wildman–Crippen LogP) is 3.91. The van der Waals surface area contributed by atoms with Crippen molar-refractivity contribution in [3.63, 3.8) is 0 Å². The maximum atomic E-state index is 11.8. The van der Waals surface area contributed by atoms with Crippen LogP contribution in [0.15, 0.2) is 24.3 Å². The molecular formula is C18H26O4. The number of carbonyl (C=O) groups is 2. The van der Waals surface area contributed by atoms with Gasteiger partial charge in [-0.1, -0.05) is 39.0 Å². The Balaban J connectivity index is 2.33. The summed E-state index contributed by atoms with van der Waals surface area (Å²) in [6.07, 6.45) is 1.60. The molecule has 0 saturated carbocycles. The Morgan fingerprint density at radius 2 is 1.68 bits per heavy atom. The van der Waals surface area contributed by atoms with Crippen LogP contribution in [0.4, 0.5) is 0 Å². The summed E-state index contributed by atoms with van der Waals surface area (Å²) >= 11 is 0. The van der Waals surface area contributed by atoms with Gasteiger partial charge in [0, 0.05) is 12.8 Å². The Bertz CT molecular complexity index is 494. The largest absolute Gasteiger partial charge is 0.462 e. The lowest BCUT2D eigenvalue weighted by atomic mass is 10.1. The van der Waals surface area contributed by atoms with Crippen LogP contribution in [0.1, 0.15) is 52.5 Å². The van der Waals surface area contributed by atoms with Gasteiger partial charge in [0.15, 0.2) is 0 Å². The van der Waals surface area contributed by atoms with Gasteiger partial charge in [-0.15, -0.1) is 0 Å². The summed E-state index contributed by atoms with van der Waals surface area (Å²) in [6.45, 7) is 7.89. The fourth-order valence-electron chi connectivity index (χ4n) is 1.85. The van der Waals surface area contributed by atoms with E-state index in [1.807, 2.05) is 45.9 Å².